The lowest BCUT2D eigenvalue weighted by Gasteiger charge is -2.26. The van der Waals surface area contributed by atoms with Gasteiger partial charge < -0.3 is 9.42 Å². The molecule has 3 aromatic rings. The van der Waals surface area contributed by atoms with Crippen LogP contribution >= 0.6 is 0 Å². The number of anilines is 1. The molecule has 0 aliphatic carbocycles. The maximum absolute atomic E-state index is 13.3. The van der Waals surface area contributed by atoms with Gasteiger partial charge in [-0.3, -0.25) is 4.98 Å². The van der Waals surface area contributed by atoms with E-state index in [1.54, 1.807) is 20.0 Å². The molecule has 31 heavy (non-hydrogen) atoms. The number of nitriles is 1. The first-order valence-corrected chi connectivity index (χ1v) is 11.7. The fourth-order valence-electron chi connectivity index (χ4n) is 4.40. The van der Waals surface area contributed by atoms with E-state index in [9.17, 15) is 13.7 Å². The van der Waals surface area contributed by atoms with Gasteiger partial charge in [-0.2, -0.15) is 9.57 Å². The molecule has 0 spiro atoms. The largest absolute Gasteiger partial charge is 0.368 e. The Balaban J connectivity index is 1.72. The molecule has 8 nitrogen and oxygen atoms in total. The molecule has 0 bridgehead atoms. The number of aromatic nitrogens is 2. The second kappa shape index (κ2) is 7.94. The van der Waals surface area contributed by atoms with Crippen LogP contribution in [0.5, 0.6) is 0 Å². The minimum atomic E-state index is -3.71. The summed E-state index contributed by atoms with van der Waals surface area (Å²) in [6.45, 7) is 9.12. The molecule has 1 fully saturated rings. The number of fused-ring (bicyclic) bond motifs is 1. The number of aryl methyl sites for hydroxylation is 4. The Bertz CT molecular complexity index is 1290. The Morgan fingerprint density at radius 1 is 1.10 bits per heavy atom. The monoisotopic (exact) mass is 439 g/mol. The van der Waals surface area contributed by atoms with Crippen LogP contribution in [0.1, 0.15) is 34.6 Å². The van der Waals surface area contributed by atoms with E-state index in [1.165, 1.54) is 4.31 Å². The van der Waals surface area contributed by atoms with Gasteiger partial charge in [0.25, 0.3) is 0 Å². The predicted molar refractivity (Wildman–Crippen MR) is 117 cm³/mol. The summed E-state index contributed by atoms with van der Waals surface area (Å²) in [6, 6.07) is 6.39. The average molecular weight is 440 g/mol. The summed E-state index contributed by atoms with van der Waals surface area (Å²) >= 11 is 0. The molecule has 1 saturated heterocycles. The summed E-state index contributed by atoms with van der Waals surface area (Å²) in [4.78, 5) is 6.77. The smallest absolute Gasteiger partial charge is 0.248 e. The Kier molecular flexibility index (Phi) is 5.45. The van der Waals surface area contributed by atoms with Crippen LogP contribution in [0.15, 0.2) is 27.7 Å². The van der Waals surface area contributed by atoms with E-state index in [0.717, 1.165) is 27.7 Å². The molecule has 1 aliphatic heterocycles. The predicted octanol–water partition coefficient (Wildman–Crippen LogP) is 3.23. The molecule has 0 amide bonds. The van der Waals surface area contributed by atoms with Gasteiger partial charge in [0.2, 0.25) is 10.0 Å². The van der Waals surface area contributed by atoms with Crippen molar-refractivity contribution < 1.29 is 12.9 Å². The summed E-state index contributed by atoms with van der Waals surface area (Å²) in [5.41, 5.74) is 4.72. The van der Waals surface area contributed by atoms with Crippen molar-refractivity contribution in [3.8, 4) is 6.07 Å². The third kappa shape index (κ3) is 3.66. The second-order valence-corrected chi connectivity index (χ2v) is 9.88. The first kappa shape index (κ1) is 21.3. The van der Waals surface area contributed by atoms with Gasteiger partial charge in [0, 0.05) is 37.8 Å². The molecular weight excluding hydrogens is 414 g/mol. The molecule has 1 aromatic carbocycles. The van der Waals surface area contributed by atoms with Crippen molar-refractivity contribution >= 4 is 26.6 Å². The van der Waals surface area contributed by atoms with E-state index in [4.69, 9.17) is 4.52 Å². The molecule has 3 heterocycles. The van der Waals surface area contributed by atoms with Crippen LogP contribution in [-0.4, -0.2) is 49.0 Å². The average Bonchev–Trinajstić information content (AvgIpc) is 2.91. The first-order valence-electron chi connectivity index (χ1n) is 10.2. The Labute approximate surface area is 182 Å². The number of hydrogen-bond donors (Lipinski definition) is 0. The molecule has 0 radical (unpaired) electrons. The van der Waals surface area contributed by atoms with Gasteiger partial charge in [0.05, 0.1) is 16.8 Å². The van der Waals surface area contributed by atoms with Crippen LogP contribution < -0.4 is 4.90 Å². The van der Waals surface area contributed by atoms with Gasteiger partial charge in [-0.05, 0) is 45.7 Å². The maximum Gasteiger partial charge on any atom is 0.248 e. The summed E-state index contributed by atoms with van der Waals surface area (Å²) in [6.07, 6.45) is 2.26. The van der Waals surface area contributed by atoms with Gasteiger partial charge >= 0.3 is 0 Å². The van der Waals surface area contributed by atoms with Crippen molar-refractivity contribution in [1.29, 1.82) is 5.26 Å². The summed E-state index contributed by atoms with van der Waals surface area (Å²) in [5, 5.41) is 14.5. The lowest BCUT2D eigenvalue weighted by molar-refractivity contribution is 0.389. The highest BCUT2D eigenvalue weighted by atomic mass is 32.2. The summed E-state index contributed by atoms with van der Waals surface area (Å²) in [7, 11) is -3.71. The zero-order chi connectivity index (χ0) is 22.3. The SMILES string of the molecule is Cc1cc(C)c2ncc(C#N)c(N3CCCN(S(=O)(=O)c4c(C)noc4C)CC3)c2c1. The molecular formula is C22H25N5O3S. The zero-order valence-electron chi connectivity index (χ0n) is 18.1. The molecule has 162 valence electrons. The molecule has 9 heteroatoms. The fraction of sp³-hybridized carbons (Fsp3) is 0.409. The second-order valence-electron chi connectivity index (χ2n) is 8.01. The minimum Gasteiger partial charge on any atom is -0.368 e. The lowest BCUT2D eigenvalue weighted by Crippen LogP contribution is -2.35. The van der Waals surface area contributed by atoms with Crippen molar-refractivity contribution in [2.45, 2.75) is 39.0 Å². The Morgan fingerprint density at radius 2 is 1.87 bits per heavy atom. The van der Waals surface area contributed by atoms with Crippen LogP contribution in [0.3, 0.4) is 0 Å². The Hall–Kier alpha value is -2.96. The number of hydrogen-bond acceptors (Lipinski definition) is 7. The van der Waals surface area contributed by atoms with E-state index < -0.39 is 10.0 Å². The number of sulfonamides is 1. The van der Waals surface area contributed by atoms with E-state index in [2.05, 4.69) is 33.2 Å². The van der Waals surface area contributed by atoms with Crippen molar-refractivity contribution in [2.24, 2.45) is 0 Å². The van der Waals surface area contributed by atoms with Crippen molar-refractivity contribution in [1.82, 2.24) is 14.4 Å². The summed E-state index contributed by atoms with van der Waals surface area (Å²) in [5.74, 6) is 0.302. The third-order valence-electron chi connectivity index (χ3n) is 5.74. The quantitative estimate of drug-likeness (QED) is 0.617. The normalized spacial score (nSPS) is 15.8. The standard InChI is InChI=1S/C22H25N5O3S/c1-14-10-15(2)20-19(11-14)21(18(12-23)13-24-20)26-6-5-7-27(9-8-26)31(28,29)22-16(3)25-30-17(22)4/h10-11,13H,5-9H2,1-4H3. The molecule has 0 atom stereocenters. The molecule has 0 saturated carbocycles. The molecule has 4 rings (SSSR count). The van der Waals surface area contributed by atoms with E-state index in [0.29, 0.717) is 49.6 Å². The fourth-order valence-corrected chi connectivity index (χ4v) is 6.16. The van der Waals surface area contributed by atoms with E-state index in [-0.39, 0.29) is 4.90 Å². The highest BCUT2D eigenvalue weighted by Gasteiger charge is 2.32. The molecule has 0 N–H and O–H groups in total. The number of nitrogens with zero attached hydrogens (tertiary/aromatic N) is 5. The zero-order valence-corrected chi connectivity index (χ0v) is 19.0. The third-order valence-corrected chi connectivity index (χ3v) is 7.88. The van der Waals surface area contributed by atoms with Gasteiger partial charge in [-0.15, -0.1) is 0 Å². The first-order chi connectivity index (χ1) is 14.7. The van der Waals surface area contributed by atoms with Gasteiger partial charge in [-0.1, -0.05) is 16.8 Å². The van der Waals surface area contributed by atoms with E-state index >= 15 is 0 Å². The highest BCUT2D eigenvalue weighted by molar-refractivity contribution is 7.89. The number of pyridine rings is 1. The number of benzene rings is 1. The van der Waals surface area contributed by atoms with Gasteiger partial charge in [-0.25, -0.2) is 8.42 Å². The van der Waals surface area contributed by atoms with Gasteiger partial charge in [0.15, 0.2) is 5.76 Å². The van der Waals surface area contributed by atoms with Crippen molar-refractivity contribution in [2.75, 3.05) is 31.1 Å². The topological polar surface area (TPSA) is 103 Å². The number of rotatable bonds is 3. The molecule has 2 aromatic heterocycles. The minimum absolute atomic E-state index is 0.152. The van der Waals surface area contributed by atoms with Crippen LogP contribution in [-0.2, 0) is 10.0 Å². The van der Waals surface area contributed by atoms with Crippen LogP contribution in [0.25, 0.3) is 10.9 Å². The van der Waals surface area contributed by atoms with Crippen molar-refractivity contribution in [3.05, 3.63) is 46.5 Å². The van der Waals surface area contributed by atoms with Gasteiger partial charge in [0.1, 0.15) is 16.7 Å². The molecule has 1 aliphatic rings. The van der Waals surface area contributed by atoms with Crippen LogP contribution in [0, 0.1) is 39.0 Å². The Morgan fingerprint density at radius 3 is 2.55 bits per heavy atom. The van der Waals surface area contributed by atoms with Crippen LogP contribution in [0.2, 0.25) is 0 Å². The highest BCUT2D eigenvalue weighted by Crippen LogP contribution is 2.33. The summed E-state index contributed by atoms with van der Waals surface area (Å²) < 4.78 is 33.1. The maximum atomic E-state index is 13.3. The van der Waals surface area contributed by atoms with Crippen LogP contribution in [0.4, 0.5) is 5.69 Å². The van der Waals surface area contributed by atoms with Crippen molar-refractivity contribution in [3.63, 3.8) is 0 Å². The van der Waals surface area contributed by atoms with E-state index in [1.807, 2.05) is 13.8 Å². The molecule has 0 unspecified atom stereocenters. The lowest BCUT2D eigenvalue weighted by atomic mass is 10.0.